The Hall–Kier alpha value is -1.91. The Morgan fingerprint density at radius 3 is 2.73 bits per heavy atom. The zero-order valence-corrected chi connectivity index (χ0v) is 13.0. The molecule has 1 fully saturated rings. The number of halogens is 1. The fourth-order valence-electron chi connectivity index (χ4n) is 2.99. The van der Waals surface area contributed by atoms with Gasteiger partial charge in [-0.3, -0.25) is 9.59 Å². The number of carbonyl (C=O) groups is 2. The van der Waals surface area contributed by atoms with Crippen molar-refractivity contribution in [3.05, 3.63) is 35.6 Å². The Bertz CT molecular complexity index is 546. The van der Waals surface area contributed by atoms with Crippen LogP contribution in [0.2, 0.25) is 0 Å². The normalized spacial score (nSPS) is 21.0. The quantitative estimate of drug-likeness (QED) is 0.785. The number of carbonyl (C=O) groups excluding carboxylic acids is 2. The van der Waals surface area contributed by atoms with Gasteiger partial charge in [0.15, 0.2) is 0 Å². The van der Waals surface area contributed by atoms with Crippen LogP contribution in [0.3, 0.4) is 0 Å². The highest BCUT2D eigenvalue weighted by Crippen LogP contribution is 2.36. The smallest absolute Gasteiger partial charge is 0.305 e. The van der Waals surface area contributed by atoms with Crippen molar-refractivity contribution in [1.82, 2.24) is 4.90 Å². The van der Waals surface area contributed by atoms with Gasteiger partial charge in [-0.1, -0.05) is 25.1 Å². The Labute approximate surface area is 130 Å². The predicted molar refractivity (Wildman–Crippen MR) is 80.5 cm³/mol. The standard InChI is InChI=1S/C17H22FNO3/c1-12-10-15(13-6-3-4-7-14(13)18)19(11-12)16(20)8-5-9-17(21)22-2/h3-4,6-7,12,15H,5,8-11H2,1-2H3/t12-,15-/m0/s1. The van der Waals surface area contributed by atoms with Crippen LogP contribution in [-0.4, -0.2) is 30.4 Å². The van der Waals surface area contributed by atoms with Crippen molar-refractivity contribution in [1.29, 1.82) is 0 Å². The van der Waals surface area contributed by atoms with Crippen LogP contribution >= 0.6 is 0 Å². The van der Waals surface area contributed by atoms with Crippen LogP contribution in [-0.2, 0) is 14.3 Å². The highest BCUT2D eigenvalue weighted by molar-refractivity contribution is 5.78. The Morgan fingerprint density at radius 2 is 2.05 bits per heavy atom. The zero-order valence-electron chi connectivity index (χ0n) is 13.0. The SMILES string of the molecule is COC(=O)CCCC(=O)N1C[C@@H](C)C[C@H]1c1ccccc1F. The monoisotopic (exact) mass is 307 g/mol. The number of amides is 1. The van der Waals surface area contributed by atoms with Crippen LogP contribution in [0.4, 0.5) is 4.39 Å². The predicted octanol–water partition coefficient (Wildman–Crippen LogP) is 3.08. The lowest BCUT2D eigenvalue weighted by molar-refractivity contribution is -0.141. The fraction of sp³-hybridized carbons (Fsp3) is 0.529. The van der Waals surface area contributed by atoms with E-state index in [9.17, 15) is 14.0 Å². The Morgan fingerprint density at radius 1 is 1.32 bits per heavy atom. The molecule has 2 atom stereocenters. The van der Waals surface area contributed by atoms with E-state index in [-0.39, 0.29) is 36.6 Å². The van der Waals surface area contributed by atoms with Crippen molar-refractivity contribution in [3.8, 4) is 0 Å². The van der Waals surface area contributed by atoms with Gasteiger partial charge in [0.2, 0.25) is 5.91 Å². The number of benzene rings is 1. The second-order valence-electron chi connectivity index (χ2n) is 5.85. The lowest BCUT2D eigenvalue weighted by atomic mass is 10.0. The van der Waals surface area contributed by atoms with Gasteiger partial charge in [0.1, 0.15) is 5.82 Å². The summed E-state index contributed by atoms with van der Waals surface area (Å²) in [7, 11) is 1.33. The molecule has 0 bridgehead atoms. The van der Waals surface area contributed by atoms with E-state index in [2.05, 4.69) is 11.7 Å². The van der Waals surface area contributed by atoms with Gasteiger partial charge in [-0.05, 0) is 24.8 Å². The largest absolute Gasteiger partial charge is 0.469 e. The maximum absolute atomic E-state index is 14.0. The molecule has 0 aliphatic carbocycles. The average molecular weight is 307 g/mol. The first-order valence-electron chi connectivity index (χ1n) is 7.63. The molecular formula is C17H22FNO3. The molecule has 0 radical (unpaired) electrons. The van der Waals surface area contributed by atoms with Crippen molar-refractivity contribution >= 4 is 11.9 Å². The molecule has 1 saturated heterocycles. The zero-order chi connectivity index (χ0) is 16.1. The summed E-state index contributed by atoms with van der Waals surface area (Å²) in [5.74, 6) is -0.266. The average Bonchev–Trinajstić information content (AvgIpc) is 2.89. The van der Waals surface area contributed by atoms with E-state index in [0.29, 0.717) is 24.4 Å². The molecule has 1 aliphatic rings. The number of hydrogen-bond acceptors (Lipinski definition) is 3. The van der Waals surface area contributed by atoms with Gasteiger partial charge >= 0.3 is 5.97 Å². The van der Waals surface area contributed by atoms with Crippen molar-refractivity contribution < 1.29 is 18.7 Å². The van der Waals surface area contributed by atoms with E-state index in [1.54, 1.807) is 23.1 Å². The topological polar surface area (TPSA) is 46.6 Å². The molecule has 0 N–H and O–H groups in total. The molecule has 22 heavy (non-hydrogen) atoms. The van der Waals surface area contributed by atoms with Crippen LogP contribution < -0.4 is 0 Å². The van der Waals surface area contributed by atoms with Crippen LogP contribution in [0.25, 0.3) is 0 Å². The minimum Gasteiger partial charge on any atom is -0.469 e. The van der Waals surface area contributed by atoms with Gasteiger partial charge in [-0.25, -0.2) is 4.39 Å². The molecule has 0 aromatic heterocycles. The molecule has 1 aromatic rings. The first kappa shape index (κ1) is 16.5. The molecule has 5 heteroatoms. The number of methoxy groups -OCH3 is 1. The molecule has 1 aliphatic heterocycles. The van der Waals surface area contributed by atoms with Crippen LogP contribution in [0, 0.1) is 11.7 Å². The highest BCUT2D eigenvalue weighted by Gasteiger charge is 2.34. The minimum atomic E-state index is -0.312. The summed E-state index contributed by atoms with van der Waals surface area (Å²) in [6.07, 6.45) is 1.74. The maximum atomic E-state index is 14.0. The summed E-state index contributed by atoms with van der Waals surface area (Å²) in [5.41, 5.74) is 0.577. The third kappa shape index (κ3) is 3.84. The second kappa shape index (κ2) is 7.38. The number of rotatable bonds is 5. The van der Waals surface area contributed by atoms with Crippen LogP contribution in [0.5, 0.6) is 0 Å². The van der Waals surface area contributed by atoms with Gasteiger partial charge in [-0.15, -0.1) is 0 Å². The number of nitrogens with zero attached hydrogens (tertiary/aromatic N) is 1. The lowest BCUT2D eigenvalue weighted by Crippen LogP contribution is -2.31. The molecule has 0 unspecified atom stereocenters. The second-order valence-corrected chi connectivity index (χ2v) is 5.85. The molecule has 2 rings (SSSR count). The summed E-state index contributed by atoms with van der Waals surface area (Å²) < 4.78 is 18.6. The minimum absolute atomic E-state index is 0.0264. The summed E-state index contributed by atoms with van der Waals surface area (Å²) in [4.78, 5) is 25.3. The van der Waals surface area contributed by atoms with E-state index in [1.807, 2.05) is 0 Å². The van der Waals surface area contributed by atoms with E-state index in [0.717, 1.165) is 6.42 Å². The molecule has 120 valence electrons. The Kier molecular flexibility index (Phi) is 5.52. The van der Waals surface area contributed by atoms with Crippen molar-refractivity contribution in [3.63, 3.8) is 0 Å². The third-order valence-electron chi connectivity index (χ3n) is 4.09. The summed E-state index contributed by atoms with van der Waals surface area (Å²) in [5, 5.41) is 0. The number of esters is 1. The van der Waals surface area contributed by atoms with Gasteiger partial charge in [0.05, 0.1) is 13.2 Å². The lowest BCUT2D eigenvalue weighted by Gasteiger charge is -2.25. The Balaban J connectivity index is 2.03. The highest BCUT2D eigenvalue weighted by atomic mass is 19.1. The van der Waals surface area contributed by atoms with Gasteiger partial charge in [0.25, 0.3) is 0 Å². The molecule has 0 saturated carbocycles. The van der Waals surface area contributed by atoms with E-state index < -0.39 is 0 Å². The van der Waals surface area contributed by atoms with Gasteiger partial charge in [0, 0.05) is 24.9 Å². The van der Waals surface area contributed by atoms with Crippen molar-refractivity contribution in [2.45, 2.75) is 38.6 Å². The third-order valence-corrected chi connectivity index (χ3v) is 4.09. The number of likely N-dealkylation sites (tertiary alicyclic amines) is 1. The molecule has 1 aromatic carbocycles. The van der Waals surface area contributed by atoms with Gasteiger partial charge in [-0.2, -0.15) is 0 Å². The van der Waals surface area contributed by atoms with Crippen molar-refractivity contribution in [2.75, 3.05) is 13.7 Å². The molecule has 4 nitrogen and oxygen atoms in total. The van der Waals surface area contributed by atoms with Crippen LogP contribution in [0.1, 0.15) is 44.2 Å². The van der Waals surface area contributed by atoms with Crippen LogP contribution in [0.15, 0.2) is 24.3 Å². The first-order chi connectivity index (χ1) is 10.5. The summed E-state index contributed by atoms with van der Waals surface area (Å²) in [6.45, 7) is 2.70. The molecular weight excluding hydrogens is 285 g/mol. The molecule has 1 heterocycles. The van der Waals surface area contributed by atoms with Gasteiger partial charge < -0.3 is 9.64 Å². The molecule has 0 spiro atoms. The fourth-order valence-corrected chi connectivity index (χ4v) is 2.99. The van der Waals surface area contributed by atoms with E-state index >= 15 is 0 Å². The van der Waals surface area contributed by atoms with E-state index in [4.69, 9.17) is 0 Å². The summed E-state index contributed by atoms with van der Waals surface area (Å²) in [6, 6.07) is 6.41. The number of ether oxygens (including phenoxy) is 1. The van der Waals surface area contributed by atoms with Crippen molar-refractivity contribution in [2.24, 2.45) is 5.92 Å². The summed E-state index contributed by atoms with van der Waals surface area (Å²) >= 11 is 0. The first-order valence-corrected chi connectivity index (χ1v) is 7.63. The number of hydrogen-bond donors (Lipinski definition) is 0. The van der Waals surface area contributed by atoms with E-state index in [1.165, 1.54) is 13.2 Å². The maximum Gasteiger partial charge on any atom is 0.305 e. The molecule has 1 amide bonds.